The summed E-state index contributed by atoms with van der Waals surface area (Å²) in [6.07, 6.45) is 3.43. The Bertz CT molecular complexity index is 647. The normalized spacial score (nSPS) is 16.5. The minimum Gasteiger partial charge on any atom is -0.399 e. The Morgan fingerprint density at radius 1 is 1.25 bits per heavy atom. The van der Waals surface area contributed by atoms with Crippen LogP contribution in [-0.2, 0) is 4.79 Å². The van der Waals surface area contributed by atoms with E-state index in [1.165, 1.54) is 0 Å². The molecular weight excluding hydrogens is 252 g/mol. The molecule has 2 heterocycles. The van der Waals surface area contributed by atoms with Crippen molar-refractivity contribution < 1.29 is 4.79 Å². The molecule has 0 spiro atoms. The van der Waals surface area contributed by atoms with Crippen LogP contribution in [-0.4, -0.2) is 24.0 Å². The molecule has 0 radical (unpaired) electrons. The maximum Gasteiger partial charge on any atom is 0.220 e. The fourth-order valence-electron chi connectivity index (χ4n) is 2.83. The predicted octanol–water partition coefficient (Wildman–Crippen LogP) is 1.52. The fraction of sp³-hybridized carbons (Fsp3) is 0.333. The van der Waals surface area contributed by atoms with E-state index in [1.54, 1.807) is 6.20 Å². The molecule has 4 N–H and O–H groups in total. The molecule has 0 aliphatic carbocycles. The lowest BCUT2D eigenvalue weighted by Crippen LogP contribution is -2.38. The van der Waals surface area contributed by atoms with E-state index < -0.39 is 0 Å². The summed E-state index contributed by atoms with van der Waals surface area (Å²) < 4.78 is 0. The van der Waals surface area contributed by atoms with E-state index in [9.17, 15) is 4.79 Å². The number of aromatic nitrogens is 1. The summed E-state index contributed by atoms with van der Waals surface area (Å²) in [5.74, 6) is -0.174. The lowest BCUT2D eigenvalue weighted by Gasteiger charge is -2.33. The van der Waals surface area contributed by atoms with E-state index >= 15 is 0 Å². The molecule has 104 valence electrons. The van der Waals surface area contributed by atoms with Crippen LogP contribution in [0.15, 0.2) is 30.5 Å². The molecule has 1 aliphatic heterocycles. The lowest BCUT2D eigenvalue weighted by atomic mass is 9.95. The summed E-state index contributed by atoms with van der Waals surface area (Å²) in [4.78, 5) is 17.9. The third-order valence-corrected chi connectivity index (χ3v) is 3.98. The highest BCUT2D eigenvalue weighted by Gasteiger charge is 2.24. The smallest absolute Gasteiger partial charge is 0.220 e. The monoisotopic (exact) mass is 270 g/mol. The number of primary amides is 1. The highest BCUT2D eigenvalue weighted by Crippen LogP contribution is 2.30. The number of carbonyl (C=O) groups excluding carboxylic acids is 1. The number of rotatable bonds is 2. The maximum absolute atomic E-state index is 11.2. The molecule has 1 saturated heterocycles. The van der Waals surface area contributed by atoms with Crippen molar-refractivity contribution in [3.63, 3.8) is 0 Å². The van der Waals surface area contributed by atoms with Gasteiger partial charge in [0.1, 0.15) is 0 Å². The number of nitrogens with two attached hydrogens (primary N) is 2. The lowest BCUT2D eigenvalue weighted by molar-refractivity contribution is -0.122. The second-order valence-corrected chi connectivity index (χ2v) is 5.27. The van der Waals surface area contributed by atoms with Crippen LogP contribution in [0.4, 0.5) is 11.4 Å². The molecule has 0 atom stereocenters. The van der Waals surface area contributed by atoms with Gasteiger partial charge in [-0.3, -0.25) is 9.78 Å². The van der Waals surface area contributed by atoms with E-state index in [1.807, 2.05) is 24.3 Å². The van der Waals surface area contributed by atoms with Gasteiger partial charge < -0.3 is 16.4 Å². The number of hydrogen-bond acceptors (Lipinski definition) is 4. The summed E-state index contributed by atoms with van der Waals surface area (Å²) in [6, 6.07) is 7.80. The Balaban J connectivity index is 1.90. The molecule has 5 nitrogen and oxygen atoms in total. The Kier molecular flexibility index (Phi) is 3.18. The van der Waals surface area contributed by atoms with Gasteiger partial charge in [0.15, 0.2) is 0 Å². The Labute approximate surface area is 117 Å². The molecule has 5 heteroatoms. The minimum absolute atomic E-state index is 0.00926. The minimum atomic E-state index is -0.183. The average Bonchev–Trinajstić information content (AvgIpc) is 2.46. The van der Waals surface area contributed by atoms with Crippen molar-refractivity contribution in [3.05, 3.63) is 30.5 Å². The van der Waals surface area contributed by atoms with Crippen molar-refractivity contribution in [2.75, 3.05) is 23.7 Å². The SMILES string of the molecule is NC(=O)C1CCN(c2ccnc3cc(N)ccc23)CC1. The van der Waals surface area contributed by atoms with Gasteiger partial charge in [0, 0.05) is 42.0 Å². The van der Waals surface area contributed by atoms with Crippen LogP contribution in [0.3, 0.4) is 0 Å². The first-order valence-corrected chi connectivity index (χ1v) is 6.83. The zero-order chi connectivity index (χ0) is 14.1. The summed E-state index contributed by atoms with van der Waals surface area (Å²) in [5.41, 5.74) is 13.9. The average molecular weight is 270 g/mol. The molecule has 1 aliphatic rings. The van der Waals surface area contributed by atoms with E-state index in [-0.39, 0.29) is 11.8 Å². The van der Waals surface area contributed by atoms with E-state index in [0.29, 0.717) is 0 Å². The molecule has 1 fully saturated rings. The second-order valence-electron chi connectivity index (χ2n) is 5.27. The van der Waals surface area contributed by atoms with Gasteiger partial charge in [-0.15, -0.1) is 0 Å². The van der Waals surface area contributed by atoms with E-state index in [0.717, 1.165) is 48.2 Å². The number of anilines is 2. The topological polar surface area (TPSA) is 85.2 Å². The predicted molar refractivity (Wildman–Crippen MR) is 80.3 cm³/mol. The number of carbonyl (C=O) groups is 1. The number of benzene rings is 1. The molecule has 0 saturated carbocycles. The van der Waals surface area contributed by atoms with Gasteiger partial charge in [0.05, 0.1) is 5.52 Å². The van der Waals surface area contributed by atoms with Gasteiger partial charge in [-0.1, -0.05) is 0 Å². The van der Waals surface area contributed by atoms with Gasteiger partial charge in [-0.05, 0) is 37.1 Å². The summed E-state index contributed by atoms with van der Waals surface area (Å²) in [7, 11) is 0. The van der Waals surface area contributed by atoms with Crippen molar-refractivity contribution in [1.29, 1.82) is 0 Å². The molecule has 1 amide bonds. The molecule has 0 bridgehead atoms. The van der Waals surface area contributed by atoms with Crippen LogP contribution in [0.25, 0.3) is 10.9 Å². The quantitative estimate of drug-likeness (QED) is 0.810. The Morgan fingerprint density at radius 3 is 2.70 bits per heavy atom. The number of amides is 1. The standard InChI is InChI=1S/C15H18N4O/c16-11-1-2-12-13(9-11)18-6-3-14(12)19-7-4-10(5-8-19)15(17)20/h1-3,6,9-10H,4-5,7-8,16H2,(H2,17,20). The van der Waals surface area contributed by atoms with Gasteiger partial charge in [-0.2, -0.15) is 0 Å². The second kappa shape index (κ2) is 5.00. The number of hydrogen-bond donors (Lipinski definition) is 2. The van der Waals surface area contributed by atoms with E-state index in [4.69, 9.17) is 11.5 Å². The van der Waals surface area contributed by atoms with Crippen molar-refractivity contribution >= 4 is 28.2 Å². The Morgan fingerprint density at radius 2 is 2.00 bits per heavy atom. The summed E-state index contributed by atoms with van der Waals surface area (Å²) in [5, 5.41) is 1.10. The number of nitrogen functional groups attached to an aromatic ring is 1. The largest absolute Gasteiger partial charge is 0.399 e. The fourth-order valence-corrected chi connectivity index (χ4v) is 2.83. The first-order valence-electron chi connectivity index (χ1n) is 6.83. The zero-order valence-corrected chi connectivity index (χ0v) is 11.2. The van der Waals surface area contributed by atoms with Gasteiger partial charge in [0.2, 0.25) is 5.91 Å². The van der Waals surface area contributed by atoms with Crippen LogP contribution < -0.4 is 16.4 Å². The molecule has 0 unspecified atom stereocenters. The van der Waals surface area contributed by atoms with Crippen molar-refractivity contribution in [1.82, 2.24) is 4.98 Å². The molecule has 1 aromatic carbocycles. The van der Waals surface area contributed by atoms with Crippen LogP contribution >= 0.6 is 0 Å². The first kappa shape index (κ1) is 12.7. The van der Waals surface area contributed by atoms with Crippen LogP contribution in [0, 0.1) is 5.92 Å². The van der Waals surface area contributed by atoms with Crippen molar-refractivity contribution in [2.45, 2.75) is 12.8 Å². The van der Waals surface area contributed by atoms with Crippen LogP contribution in [0.2, 0.25) is 0 Å². The highest BCUT2D eigenvalue weighted by molar-refractivity contribution is 5.93. The van der Waals surface area contributed by atoms with Crippen LogP contribution in [0.5, 0.6) is 0 Å². The molecular formula is C15H18N4O. The van der Waals surface area contributed by atoms with Crippen LogP contribution in [0.1, 0.15) is 12.8 Å². The number of fused-ring (bicyclic) bond motifs is 1. The number of nitrogens with zero attached hydrogens (tertiary/aromatic N) is 2. The third-order valence-electron chi connectivity index (χ3n) is 3.98. The summed E-state index contributed by atoms with van der Waals surface area (Å²) in [6.45, 7) is 1.69. The Hall–Kier alpha value is -2.30. The third kappa shape index (κ3) is 2.27. The molecule has 2 aromatic rings. The highest BCUT2D eigenvalue weighted by atomic mass is 16.1. The van der Waals surface area contributed by atoms with Gasteiger partial charge in [-0.25, -0.2) is 0 Å². The number of pyridine rings is 1. The maximum atomic E-state index is 11.2. The number of piperidine rings is 1. The molecule has 3 rings (SSSR count). The first-order chi connectivity index (χ1) is 9.65. The van der Waals surface area contributed by atoms with Crippen molar-refractivity contribution in [3.8, 4) is 0 Å². The molecule has 1 aromatic heterocycles. The van der Waals surface area contributed by atoms with Gasteiger partial charge >= 0.3 is 0 Å². The molecule has 20 heavy (non-hydrogen) atoms. The zero-order valence-electron chi connectivity index (χ0n) is 11.2. The summed E-state index contributed by atoms with van der Waals surface area (Å²) >= 11 is 0. The van der Waals surface area contributed by atoms with E-state index in [2.05, 4.69) is 9.88 Å². The van der Waals surface area contributed by atoms with Gasteiger partial charge in [0.25, 0.3) is 0 Å². The van der Waals surface area contributed by atoms with Crippen molar-refractivity contribution in [2.24, 2.45) is 11.7 Å².